The van der Waals surface area contributed by atoms with Crippen molar-refractivity contribution in [2.45, 2.75) is 33.2 Å². The third-order valence-electron chi connectivity index (χ3n) is 4.80. The summed E-state index contributed by atoms with van der Waals surface area (Å²) in [5, 5.41) is 3.04. The first-order valence-corrected chi connectivity index (χ1v) is 8.68. The summed E-state index contributed by atoms with van der Waals surface area (Å²) in [6, 6.07) is 15.8. The van der Waals surface area contributed by atoms with Gasteiger partial charge in [0.1, 0.15) is 0 Å². The first kappa shape index (κ1) is 17.2. The normalized spacial score (nSPS) is 18.3. The predicted octanol–water partition coefficient (Wildman–Crippen LogP) is 3.53. The van der Waals surface area contributed by atoms with Gasteiger partial charge in [-0.1, -0.05) is 48.0 Å². The lowest BCUT2D eigenvalue weighted by Crippen LogP contribution is -2.34. The van der Waals surface area contributed by atoms with Crippen molar-refractivity contribution in [2.24, 2.45) is 5.92 Å². The van der Waals surface area contributed by atoms with Gasteiger partial charge in [-0.2, -0.15) is 0 Å². The summed E-state index contributed by atoms with van der Waals surface area (Å²) < 4.78 is 0. The van der Waals surface area contributed by atoms with Crippen molar-refractivity contribution in [2.75, 3.05) is 11.4 Å². The van der Waals surface area contributed by atoms with Crippen LogP contribution in [0.5, 0.6) is 0 Å². The Morgan fingerprint density at radius 2 is 1.88 bits per heavy atom. The molecule has 2 amide bonds. The lowest BCUT2D eigenvalue weighted by molar-refractivity contribution is -0.126. The van der Waals surface area contributed by atoms with Crippen LogP contribution in [0.3, 0.4) is 0 Å². The van der Waals surface area contributed by atoms with Gasteiger partial charge in [0, 0.05) is 18.7 Å². The molecule has 0 unspecified atom stereocenters. The highest BCUT2D eigenvalue weighted by Gasteiger charge is 2.36. The zero-order valence-electron chi connectivity index (χ0n) is 15.0. The highest BCUT2D eigenvalue weighted by molar-refractivity contribution is 6.00. The molecule has 0 radical (unpaired) electrons. The Balaban J connectivity index is 1.68. The van der Waals surface area contributed by atoms with Crippen molar-refractivity contribution in [1.82, 2.24) is 5.32 Å². The molecule has 0 bridgehead atoms. The van der Waals surface area contributed by atoms with Gasteiger partial charge in [0.2, 0.25) is 11.8 Å². The molecule has 130 valence electrons. The summed E-state index contributed by atoms with van der Waals surface area (Å²) in [7, 11) is 0. The van der Waals surface area contributed by atoms with Gasteiger partial charge in [-0.25, -0.2) is 0 Å². The van der Waals surface area contributed by atoms with Crippen LogP contribution >= 0.6 is 0 Å². The van der Waals surface area contributed by atoms with E-state index in [-0.39, 0.29) is 30.2 Å². The van der Waals surface area contributed by atoms with Gasteiger partial charge in [-0.15, -0.1) is 0 Å². The Bertz CT molecular complexity index is 786. The van der Waals surface area contributed by atoms with Crippen LogP contribution in [-0.4, -0.2) is 18.4 Å². The topological polar surface area (TPSA) is 49.4 Å². The highest BCUT2D eigenvalue weighted by atomic mass is 16.2. The van der Waals surface area contributed by atoms with E-state index in [9.17, 15) is 9.59 Å². The summed E-state index contributed by atoms with van der Waals surface area (Å²) in [6.45, 7) is 6.44. The zero-order chi connectivity index (χ0) is 18.0. The molecular formula is C21H24N2O2. The van der Waals surface area contributed by atoms with E-state index < -0.39 is 0 Å². The second-order valence-electron chi connectivity index (χ2n) is 6.84. The fraction of sp³-hybridized carbons (Fsp3) is 0.333. The van der Waals surface area contributed by atoms with Crippen molar-refractivity contribution in [1.29, 1.82) is 0 Å². The Hall–Kier alpha value is -2.62. The second kappa shape index (κ2) is 7.09. The molecule has 0 aliphatic carbocycles. The molecule has 1 saturated heterocycles. The lowest BCUT2D eigenvalue weighted by Gasteiger charge is -2.20. The molecule has 4 heteroatoms. The van der Waals surface area contributed by atoms with Crippen LogP contribution in [-0.2, 0) is 9.59 Å². The molecule has 1 heterocycles. The van der Waals surface area contributed by atoms with E-state index in [2.05, 4.69) is 11.4 Å². The van der Waals surface area contributed by atoms with Crippen molar-refractivity contribution in [3.05, 3.63) is 65.2 Å². The average Bonchev–Trinajstić information content (AvgIpc) is 2.97. The van der Waals surface area contributed by atoms with Crippen LogP contribution in [0.1, 0.15) is 36.1 Å². The number of hydrogen-bond donors (Lipinski definition) is 1. The molecule has 3 rings (SSSR count). The molecule has 2 atom stereocenters. The number of amides is 2. The largest absolute Gasteiger partial charge is 0.349 e. The Labute approximate surface area is 148 Å². The Morgan fingerprint density at radius 3 is 2.56 bits per heavy atom. The van der Waals surface area contributed by atoms with Gasteiger partial charge in [0.25, 0.3) is 0 Å². The summed E-state index contributed by atoms with van der Waals surface area (Å²) in [5.41, 5.74) is 4.19. The first-order chi connectivity index (χ1) is 12.0. The van der Waals surface area contributed by atoms with E-state index >= 15 is 0 Å². The minimum Gasteiger partial charge on any atom is -0.349 e. The van der Waals surface area contributed by atoms with Crippen LogP contribution in [0.2, 0.25) is 0 Å². The monoisotopic (exact) mass is 336 g/mol. The Kier molecular flexibility index (Phi) is 4.88. The quantitative estimate of drug-likeness (QED) is 0.928. The maximum absolute atomic E-state index is 12.6. The van der Waals surface area contributed by atoms with E-state index in [0.29, 0.717) is 6.54 Å². The summed E-state index contributed by atoms with van der Waals surface area (Å²) in [5.74, 6) is -0.351. The lowest BCUT2D eigenvalue weighted by atomic mass is 10.0. The van der Waals surface area contributed by atoms with Crippen LogP contribution < -0.4 is 10.2 Å². The molecule has 25 heavy (non-hydrogen) atoms. The fourth-order valence-electron chi connectivity index (χ4n) is 3.38. The molecule has 1 fully saturated rings. The van der Waals surface area contributed by atoms with E-state index in [1.807, 2.05) is 63.2 Å². The van der Waals surface area contributed by atoms with E-state index in [0.717, 1.165) is 16.8 Å². The van der Waals surface area contributed by atoms with Crippen LogP contribution in [0, 0.1) is 19.8 Å². The predicted molar refractivity (Wildman–Crippen MR) is 99.4 cm³/mol. The smallest absolute Gasteiger partial charge is 0.227 e. The van der Waals surface area contributed by atoms with Gasteiger partial charge in [0.05, 0.1) is 12.0 Å². The number of nitrogens with one attached hydrogen (secondary N) is 1. The van der Waals surface area contributed by atoms with Gasteiger partial charge < -0.3 is 10.2 Å². The molecule has 2 aromatic carbocycles. The Morgan fingerprint density at radius 1 is 1.16 bits per heavy atom. The molecule has 2 aromatic rings. The maximum atomic E-state index is 12.6. The standard InChI is InChI=1S/C21H24N2O2/c1-14-9-10-19(15(2)11-14)23-13-18(12-20(23)24)21(25)22-16(3)17-7-5-4-6-8-17/h4-11,16,18H,12-13H2,1-3H3,(H,22,25)/t16-,18-/m0/s1. The summed E-state index contributed by atoms with van der Waals surface area (Å²) in [6.07, 6.45) is 0.265. The number of carbonyl (C=O) groups excluding carboxylic acids is 2. The number of hydrogen-bond acceptors (Lipinski definition) is 2. The van der Waals surface area contributed by atoms with Gasteiger partial charge >= 0.3 is 0 Å². The summed E-state index contributed by atoms with van der Waals surface area (Å²) in [4.78, 5) is 26.8. The van der Waals surface area contributed by atoms with E-state index in [4.69, 9.17) is 0 Å². The molecule has 4 nitrogen and oxygen atoms in total. The SMILES string of the molecule is Cc1ccc(N2C[C@@H](C(=O)N[C@@H](C)c3ccccc3)CC2=O)c(C)c1. The molecular weight excluding hydrogens is 312 g/mol. The average molecular weight is 336 g/mol. The second-order valence-corrected chi connectivity index (χ2v) is 6.84. The van der Waals surface area contributed by atoms with E-state index in [1.165, 1.54) is 5.56 Å². The number of anilines is 1. The number of carbonyl (C=O) groups is 2. The molecule has 0 aromatic heterocycles. The van der Waals surface area contributed by atoms with Crippen molar-refractivity contribution in [3.63, 3.8) is 0 Å². The van der Waals surface area contributed by atoms with E-state index in [1.54, 1.807) is 4.90 Å². The highest BCUT2D eigenvalue weighted by Crippen LogP contribution is 2.29. The van der Waals surface area contributed by atoms with Crippen LogP contribution in [0.4, 0.5) is 5.69 Å². The fourth-order valence-corrected chi connectivity index (χ4v) is 3.38. The van der Waals surface area contributed by atoms with Gasteiger partial charge in [0.15, 0.2) is 0 Å². The molecule has 0 saturated carbocycles. The first-order valence-electron chi connectivity index (χ1n) is 8.68. The van der Waals surface area contributed by atoms with Crippen LogP contribution in [0.15, 0.2) is 48.5 Å². The maximum Gasteiger partial charge on any atom is 0.227 e. The molecule has 1 aliphatic rings. The molecule has 1 N–H and O–H groups in total. The minimum atomic E-state index is -0.306. The summed E-state index contributed by atoms with van der Waals surface area (Å²) >= 11 is 0. The minimum absolute atomic E-state index is 0.0134. The van der Waals surface area contributed by atoms with Crippen LogP contribution in [0.25, 0.3) is 0 Å². The third-order valence-corrected chi connectivity index (χ3v) is 4.80. The number of benzene rings is 2. The zero-order valence-corrected chi connectivity index (χ0v) is 15.0. The number of nitrogens with zero attached hydrogens (tertiary/aromatic N) is 1. The number of aryl methyl sites for hydroxylation is 2. The molecule has 1 aliphatic heterocycles. The van der Waals surface area contributed by atoms with Crippen molar-refractivity contribution >= 4 is 17.5 Å². The number of rotatable bonds is 4. The van der Waals surface area contributed by atoms with Crippen molar-refractivity contribution in [3.8, 4) is 0 Å². The molecule has 0 spiro atoms. The van der Waals surface area contributed by atoms with Gasteiger partial charge in [-0.05, 0) is 38.0 Å². The van der Waals surface area contributed by atoms with Gasteiger partial charge in [-0.3, -0.25) is 9.59 Å². The van der Waals surface area contributed by atoms with Crippen molar-refractivity contribution < 1.29 is 9.59 Å². The third kappa shape index (κ3) is 3.73.